The fraction of sp³-hybridized carbons (Fsp3) is 0.389. The SMILES string of the molecule is Cc1ccc(Cn2nc(C)c(C(=O)OCC(=O)NC(C)C)c2Cl)cc1. The third kappa shape index (κ3) is 5.06. The Kier molecular flexibility index (Phi) is 6.20. The van der Waals surface area contributed by atoms with Crippen LogP contribution >= 0.6 is 11.6 Å². The molecule has 7 heteroatoms. The zero-order valence-electron chi connectivity index (χ0n) is 14.8. The van der Waals surface area contributed by atoms with Gasteiger partial charge in [-0.05, 0) is 33.3 Å². The van der Waals surface area contributed by atoms with Crippen LogP contribution in [0.3, 0.4) is 0 Å². The number of halogens is 1. The number of benzene rings is 1. The lowest BCUT2D eigenvalue weighted by Gasteiger charge is -2.09. The third-order valence-corrected chi connectivity index (χ3v) is 3.89. The van der Waals surface area contributed by atoms with E-state index in [2.05, 4.69) is 10.4 Å². The lowest BCUT2D eigenvalue weighted by molar-refractivity contribution is -0.124. The van der Waals surface area contributed by atoms with Crippen molar-refractivity contribution < 1.29 is 14.3 Å². The van der Waals surface area contributed by atoms with Crippen molar-refractivity contribution in [1.82, 2.24) is 15.1 Å². The van der Waals surface area contributed by atoms with Gasteiger partial charge in [-0.15, -0.1) is 0 Å². The van der Waals surface area contributed by atoms with Crippen molar-refractivity contribution in [3.8, 4) is 0 Å². The number of carbonyl (C=O) groups excluding carboxylic acids is 2. The van der Waals surface area contributed by atoms with E-state index >= 15 is 0 Å². The summed E-state index contributed by atoms with van der Waals surface area (Å²) in [6, 6.07) is 7.95. The van der Waals surface area contributed by atoms with Crippen molar-refractivity contribution in [2.75, 3.05) is 6.61 Å². The molecule has 25 heavy (non-hydrogen) atoms. The molecular formula is C18H22ClN3O3. The van der Waals surface area contributed by atoms with E-state index < -0.39 is 5.97 Å². The van der Waals surface area contributed by atoms with E-state index in [0.717, 1.165) is 11.1 Å². The molecule has 0 saturated carbocycles. The van der Waals surface area contributed by atoms with Gasteiger partial charge in [0.25, 0.3) is 5.91 Å². The maximum Gasteiger partial charge on any atom is 0.343 e. The average molecular weight is 364 g/mol. The molecule has 0 radical (unpaired) electrons. The van der Waals surface area contributed by atoms with Gasteiger partial charge in [-0.2, -0.15) is 5.10 Å². The maximum atomic E-state index is 12.2. The van der Waals surface area contributed by atoms with Gasteiger partial charge in [-0.3, -0.25) is 4.79 Å². The highest BCUT2D eigenvalue weighted by Gasteiger charge is 2.22. The van der Waals surface area contributed by atoms with Crippen LogP contribution in [0.2, 0.25) is 5.15 Å². The minimum Gasteiger partial charge on any atom is -0.452 e. The van der Waals surface area contributed by atoms with E-state index in [1.54, 1.807) is 11.6 Å². The smallest absolute Gasteiger partial charge is 0.343 e. The van der Waals surface area contributed by atoms with E-state index in [9.17, 15) is 9.59 Å². The van der Waals surface area contributed by atoms with Crippen LogP contribution in [0, 0.1) is 13.8 Å². The summed E-state index contributed by atoms with van der Waals surface area (Å²) >= 11 is 6.30. The first-order chi connectivity index (χ1) is 11.8. The molecule has 0 aliphatic rings. The molecule has 1 aromatic carbocycles. The monoisotopic (exact) mass is 363 g/mol. The summed E-state index contributed by atoms with van der Waals surface area (Å²) in [6.07, 6.45) is 0. The number of nitrogens with one attached hydrogen (secondary N) is 1. The Morgan fingerprint density at radius 1 is 1.24 bits per heavy atom. The van der Waals surface area contributed by atoms with Crippen molar-refractivity contribution in [2.24, 2.45) is 0 Å². The fourth-order valence-corrected chi connectivity index (χ4v) is 2.63. The zero-order chi connectivity index (χ0) is 18.6. The van der Waals surface area contributed by atoms with Crippen LogP contribution in [0.25, 0.3) is 0 Å². The van der Waals surface area contributed by atoms with Gasteiger partial charge in [-0.1, -0.05) is 41.4 Å². The van der Waals surface area contributed by atoms with Gasteiger partial charge >= 0.3 is 5.97 Å². The molecule has 6 nitrogen and oxygen atoms in total. The number of carbonyl (C=O) groups is 2. The summed E-state index contributed by atoms with van der Waals surface area (Å²) in [5.41, 5.74) is 2.83. The van der Waals surface area contributed by atoms with E-state index in [4.69, 9.17) is 16.3 Å². The van der Waals surface area contributed by atoms with Crippen LogP contribution in [-0.4, -0.2) is 34.3 Å². The molecule has 0 atom stereocenters. The first-order valence-corrected chi connectivity index (χ1v) is 8.40. The lowest BCUT2D eigenvalue weighted by atomic mass is 10.1. The van der Waals surface area contributed by atoms with E-state index in [1.807, 2.05) is 45.0 Å². The molecule has 0 unspecified atom stereocenters. The van der Waals surface area contributed by atoms with Gasteiger partial charge < -0.3 is 10.1 Å². The number of hydrogen-bond donors (Lipinski definition) is 1. The molecule has 2 rings (SSSR count). The maximum absolute atomic E-state index is 12.2. The molecule has 0 aliphatic heterocycles. The number of aryl methyl sites for hydroxylation is 2. The van der Waals surface area contributed by atoms with Gasteiger partial charge in [0, 0.05) is 6.04 Å². The second-order valence-corrected chi connectivity index (χ2v) is 6.55. The van der Waals surface area contributed by atoms with E-state index in [1.165, 1.54) is 0 Å². The van der Waals surface area contributed by atoms with Gasteiger partial charge in [0.2, 0.25) is 0 Å². The van der Waals surface area contributed by atoms with Crippen LogP contribution in [0.5, 0.6) is 0 Å². The topological polar surface area (TPSA) is 73.2 Å². The summed E-state index contributed by atoms with van der Waals surface area (Å²) in [6.45, 7) is 7.45. The average Bonchev–Trinajstić information content (AvgIpc) is 2.81. The molecule has 1 heterocycles. The summed E-state index contributed by atoms with van der Waals surface area (Å²) in [4.78, 5) is 23.8. The van der Waals surface area contributed by atoms with Gasteiger partial charge in [0.15, 0.2) is 6.61 Å². The minimum absolute atomic E-state index is 0.0196. The Hall–Kier alpha value is -2.34. The standard InChI is InChI=1S/C18H22ClN3O3/c1-11(2)20-15(23)10-25-18(24)16-13(4)21-22(17(16)19)9-14-7-5-12(3)6-8-14/h5-8,11H,9-10H2,1-4H3,(H,20,23). The van der Waals surface area contributed by atoms with Crippen molar-refractivity contribution in [3.63, 3.8) is 0 Å². The molecule has 0 fully saturated rings. The molecule has 1 N–H and O–H groups in total. The van der Waals surface area contributed by atoms with Crippen LogP contribution in [0.4, 0.5) is 0 Å². The summed E-state index contributed by atoms with van der Waals surface area (Å²) in [5, 5.41) is 7.16. The summed E-state index contributed by atoms with van der Waals surface area (Å²) in [7, 11) is 0. The van der Waals surface area contributed by atoms with Crippen LogP contribution < -0.4 is 5.32 Å². The highest BCUT2D eigenvalue weighted by molar-refractivity contribution is 6.32. The van der Waals surface area contributed by atoms with Crippen molar-refractivity contribution in [1.29, 1.82) is 0 Å². The second-order valence-electron chi connectivity index (χ2n) is 6.19. The molecule has 134 valence electrons. The molecule has 0 aliphatic carbocycles. The Bertz CT molecular complexity index is 767. The molecule has 0 bridgehead atoms. The Morgan fingerprint density at radius 2 is 1.88 bits per heavy atom. The highest BCUT2D eigenvalue weighted by atomic mass is 35.5. The van der Waals surface area contributed by atoms with Crippen molar-refractivity contribution in [3.05, 3.63) is 51.8 Å². The number of nitrogens with zero attached hydrogens (tertiary/aromatic N) is 2. The molecular weight excluding hydrogens is 342 g/mol. The van der Waals surface area contributed by atoms with E-state index in [0.29, 0.717) is 12.2 Å². The predicted octanol–water partition coefficient (Wildman–Crippen LogP) is 2.88. The number of aromatic nitrogens is 2. The number of hydrogen-bond acceptors (Lipinski definition) is 4. The largest absolute Gasteiger partial charge is 0.452 e. The third-order valence-electron chi connectivity index (χ3n) is 3.51. The lowest BCUT2D eigenvalue weighted by Crippen LogP contribution is -2.34. The Morgan fingerprint density at radius 3 is 2.48 bits per heavy atom. The second kappa shape index (κ2) is 8.16. The first-order valence-electron chi connectivity index (χ1n) is 8.03. The molecule has 0 spiro atoms. The predicted molar refractivity (Wildman–Crippen MR) is 95.8 cm³/mol. The van der Waals surface area contributed by atoms with Crippen molar-refractivity contribution in [2.45, 2.75) is 40.3 Å². The zero-order valence-corrected chi connectivity index (χ0v) is 15.6. The van der Waals surface area contributed by atoms with Crippen LogP contribution in [0.15, 0.2) is 24.3 Å². The van der Waals surface area contributed by atoms with Crippen LogP contribution in [0.1, 0.15) is 41.0 Å². The highest BCUT2D eigenvalue weighted by Crippen LogP contribution is 2.22. The number of rotatable bonds is 6. The Balaban J connectivity index is 2.09. The van der Waals surface area contributed by atoms with Gasteiger partial charge in [0.05, 0.1) is 12.2 Å². The molecule has 0 saturated heterocycles. The van der Waals surface area contributed by atoms with E-state index in [-0.39, 0.29) is 29.3 Å². The summed E-state index contributed by atoms with van der Waals surface area (Å²) in [5.74, 6) is -1.01. The van der Waals surface area contributed by atoms with Gasteiger partial charge in [0.1, 0.15) is 10.7 Å². The van der Waals surface area contributed by atoms with Gasteiger partial charge in [-0.25, -0.2) is 9.48 Å². The number of amides is 1. The first kappa shape index (κ1) is 19.0. The molecule has 1 amide bonds. The molecule has 1 aromatic heterocycles. The Labute approximate surface area is 152 Å². The number of esters is 1. The fourth-order valence-electron chi connectivity index (χ4n) is 2.32. The van der Waals surface area contributed by atoms with Crippen molar-refractivity contribution >= 4 is 23.5 Å². The quantitative estimate of drug-likeness (QED) is 0.801. The van der Waals surface area contributed by atoms with Crippen LogP contribution in [-0.2, 0) is 16.1 Å². The summed E-state index contributed by atoms with van der Waals surface area (Å²) < 4.78 is 6.59. The normalized spacial score (nSPS) is 10.8. The molecule has 2 aromatic rings. The minimum atomic E-state index is -0.656. The number of ether oxygens (including phenoxy) is 1.